The summed E-state index contributed by atoms with van der Waals surface area (Å²) >= 11 is 0. The largest absolute Gasteiger partial charge is 0.463 e. The van der Waals surface area contributed by atoms with Crippen molar-refractivity contribution in [3.8, 4) is 11.4 Å². The molecule has 1 aliphatic rings. The van der Waals surface area contributed by atoms with Crippen LogP contribution in [0, 0.1) is 5.41 Å². The molecule has 1 N–H and O–H groups in total. The van der Waals surface area contributed by atoms with Crippen LogP contribution < -0.4 is 10.2 Å². The first-order valence-corrected chi connectivity index (χ1v) is 19.1. The van der Waals surface area contributed by atoms with E-state index in [2.05, 4.69) is 129 Å². The van der Waals surface area contributed by atoms with Crippen molar-refractivity contribution in [2.75, 3.05) is 6.61 Å². The fourth-order valence-electron chi connectivity index (χ4n) is 7.34. The molecule has 0 spiro atoms. The molecule has 3 aromatic carbocycles. The third-order valence-electron chi connectivity index (χ3n) is 10.9. The zero-order valence-corrected chi connectivity index (χ0v) is 34.4. The Hall–Kier alpha value is -2.80. The predicted octanol–water partition coefficient (Wildman–Crippen LogP) is 10.8. The number of rotatable bonds is 9. The first-order chi connectivity index (χ1) is 23.3. The van der Waals surface area contributed by atoms with Gasteiger partial charge in [0.1, 0.15) is 5.75 Å². The number of fused-ring (bicyclic) bond motifs is 3. The molecule has 5 nitrogen and oxygen atoms in total. The van der Waals surface area contributed by atoms with Crippen LogP contribution in [-0.4, -0.2) is 41.3 Å². The maximum absolute atomic E-state index is 11.1. The zero-order valence-electron chi connectivity index (χ0n) is 34.4. The lowest BCUT2D eigenvalue weighted by atomic mass is 9.70. The Morgan fingerprint density at radius 1 is 0.725 bits per heavy atom. The number of aliphatic hydroxyl groups is 1. The van der Waals surface area contributed by atoms with Gasteiger partial charge in [0.05, 0.1) is 34.5 Å². The van der Waals surface area contributed by atoms with Gasteiger partial charge in [-0.2, -0.15) is 0 Å². The molecule has 1 aliphatic heterocycles. The van der Waals surface area contributed by atoms with E-state index in [0.717, 1.165) is 53.6 Å². The fraction of sp³-hybridized carbons (Fsp3) is 0.600. The lowest BCUT2D eigenvalue weighted by Crippen LogP contribution is -2.49. The van der Waals surface area contributed by atoms with Crippen LogP contribution in [0.2, 0.25) is 0 Å². The average molecular weight is 695 g/mol. The highest BCUT2D eigenvalue weighted by Gasteiger charge is 2.37. The predicted molar refractivity (Wildman–Crippen MR) is 216 cm³/mol. The zero-order chi connectivity index (χ0) is 37.9. The van der Waals surface area contributed by atoms with Gasteiger partial charge < -0.3 is 23.8 Å². The van der Waals surface area contributed by atoms with Gasteiger partial charge in [0, 0.05) is 17.2 Å². The second kappa shape index (κ2) is 13.6. The highest BCUT2D eigenvalue weighted by atomic mass is 16.7. The van der Waals surface area contributed by atoms with Gasteiger partial charge in [0.15, 0.2) is 6.29 Å². The van der Waals surface area contributed by atoms with Crippen molar-refractivity contribution in [1.82, 2.24) is 4.57 Å². The van der Waals surface area contributed by atoms with Crippen molar-refractivity contribution in [3.05, 3.63) is 65.2 Å². The summed E-state index contributed by atoms with van der Waals surface area (Å²) in [6.45, 7) is 33.4. The molecule has 0 aliphatic carbocycles. The van der Waals surface area contributed by atoms with E-state index in [0.29, 0.717) is 6.61 Å². The summed E-state index contributed by atoms with van der Waals surface area (Å²) < 4.78 is 22.2. The molecule has 4 aromatic rings. The highest BCUT2D eigenvalue weighted by Crippen LogP contribution is 2.43. The van der Waals surface area contributed by atoms with Gasteiger partial charge in [-0.15, -0.1) is 0 Å². The van der Waals surface area contributed by atoms with Crippen LogP contribution in [0.3, 0.4) is 0 Å². The van der Waals surface area contributed by atoms with Gasteiger partial charge >= 0.3 is 7.48 Å². The summed E-state index contributed by atoms with van der Waals surface area (Å²) in [4.78, 5) is 0. The Kier molecular flexibility index (Phi) is 10.5. The van der Waals surface area contributed by atoms with Gasteiger partial charge in [-0.05, 0) is 121 Å². The van der Waals surface area contributed by atoms with E-state index in [9.17, 15) is 5.11 Å². The number of hydrogen-bond acceptors (Lipinski definition) is 4. The van der Waals surface area contributed by atoms with Gasteiger partial charge in [-0.3, -0.25) is 0 Å². The Labute approximate surface area is 309 Å². The number of hydrogen-bond donors (Lipinski definition) is 1. The highest BCUT2D eigenvalue weighted by molar-refractivity contribution is 6.49. The topological polar surface area (TPSA) is 52.9 Å². The second-order valence-corrected chi connectivity index (χ2v) is 20.1. The minimum atomic E-state index is -1.08. The van der Waals surface area contributed by atoms with E-state index >= 15 is 0 Å². The molecule has 1 saturated heterocycles. The van der Waals surface area contributed by atoms with Crippen LogP contribution in [0.15, 0.2) is 48.5 Å². The van der Waals surface area contributed by atoms with Crippen LogP contribution in [0.5, 0.6) is 5.75 Å². The molecule has 277 valence electrons. The monoisotopic (exact) mass is 695 g/mol. The lowest BCUT2D eigenvalue weighted by Gasteiger charge is -2.38. The summed E-state index contributed by atoms with van der Waals surface area (Å²) in [5.41, 5.74) is 5.88. The molecule has 0 saturated carbocycles. The van der Waals surface area contributed by atoms with Gasteiger partial charge in [-0.25, -0.2) is 0 Å². The maximum Gasteiger partial charge on any atom is 0.334 e. The smallest absolute Gasteiger partial charge is 0.334 e. The summed E-state index contributed by atoms with van der Waals surface area (Å²) in [5, 5.41) is 13.5. The van der Waals surface area contributed by atoms with Crippen LogP contribution in [0.25, 0.3) is 27.5 Å². The first kappa shape index (κ1) is 39.4. The lowest BCUT2D eigenvalue weighted by molar-refractivity contribution is -0.105. The third-order valence-corrected chi connectivity index (χ3v) is 10.9. The van der Waals surface area contributed by atoms with Crippen molar-refractivity contribution in [3.63, 3.8) is 0 Å². The van der Waals surface area contributed by atoms with E-state index < -0.39 is 11.2 Å². The van der Waals surface area contributed by atoms with Crippen molar-refractivity contribution >= 4 is 34.8 Å². The first-order valence-electron chi connectivity index (χ1n) is 19.1. The summed E-state index contributed by atoms with van der Waals surface area (Å²) in [6, 6.07) is 18.5. The molecule has 0 amide bonds. The number of benzene rings is 3. The van der Waals surface area contributed by atoms with Crippen molar-refractivity contribution in [1.29, 1.82) is 0 Å². The molecule has 1 radical (unpaired) electrons. The Bertz CT molecular complexity index is 1790. The number of aromatic nitrogens is 1. The molecule has 1 unspecified atom stereocenters. The van der Waals surface area contributed by atoms with E-state index in [-0.39, 0.29) is 27.9 Å². The van der Waals surface area contributed by atoms with Gasteiger partial charge in [0.2, 0.25) is 0 Å². The summed E-state index contributed by atoms with van der Waals surface area (Å²) in [6.07, 6.45) is 3.53. The van der Waals surface area contributed by atoms with E-state index in [1.807, 2.05) is 13.8 Å². The van der Waals surface area contributed by atoms with Crippen LogP contribution in [0.1, 0.15) is 146 Å². The fourth-order valence-corrected chi connectivity index (χ4v) is 7.34. The summed E-state index contributed by atoms with van der Waals surface area (Å²) in [7, 11) is 1.81. The Balaban J connectivity index is 1.89. The van der Waals surface area contributed by atoms with Crippen LogP contribution in [0.4, 0.5) is 0 Å². The molecular weight excluding hydrogens is 629 g/mol. The van der Waals surface area contributed by atoms with Gasteiger partial charge in [0.25, 0.3) is 0 Å². The van der Waals surface area contributed by atoms with E-state index in [4.69, 9.17) is 14.1 Å². The second-order valence-electron chi connectivity index (χ2n) is 20.1. The van der Waals surface area contributed by atoms with Crippen LogP contribution in [-0.2, 0) is 25.6 Å². The quantitative estimate of drug-likeness (QED) is 0.177. The molecular formula is C45H65BNO4. The molecule has 1 aromatic heterocycles. The molecule has 5 rings (SSSR count). The molecule has 51 heavy (non-hydrogen) atoms. The molecule has 6 heteroatoms. The molecule has 1 atom stereocenters. The van der Waals surface area contributed by atoms with E-state index in [1.54, 1.807) is 21.3 Å². The van der Waals surface area contributed by atoms with Crippen LogP contribution >= 0.6 is 0 Å². The molecule has 2 heterocycles. The van der Waals surface area contributed by atoms with Crippen molar-refractivity contribution in [2.24, 2.45) is 5.41 Å². The van der Waals surface area contributed by atoms with Crippen molar-refractivity contribution < 1.29 is 19.2 Å². The van der Waals surface area contributed by atoms with Gasteiger partial charge in [-0.1, -0.05) is 94.4 Å². The Morgan fingerprint density at radius 3 is 1.73 bits per heavy atom. The minimum absolute atomic E-state index is 0.000491. The maximum atomic E-state index is 11.1. The number of nitrogens with zero attached hydrogens (tertiary/aromatic N) is 1. The SMILES string of the molecule is CC(C)(C)CC(C)(C)c1cc([B]OC(C)(C)C(C)(C)O)c(OC2CCCCO2)c(-n2c3ccc(C(C)(C)C)cc3c3cc(C(C)(C)C)ccc32)c1. The third kappa shape index (κ3) is 8.55. The molecule has 1 fully saturated rings. The standard InChI is InChI=1S/C45H65BNO4/c1-40(2,3)28-43(10,11)31-26-34(46-51-45(14,15)44(12,13)48)39(50-38-18-16-17-23-49-38)37(27-31)47-35-21-19-29(41(4,5)6)24-32(35)33-25-30(42(7,8)9)20-22-36(33)47/h19-22,24-27,38,48H,16-18,23,28H2,1-15H3. The van der Waals surface area contributed by atoms with Crippen molar-refractivity contribution in [2.45, 2.75) is 163 Å². The normalized spacial score (nSPS) is 17.0. The number of ether oxygens (including phenoxy) is 2. The Morgan fingerprint density at radius 2 is 1.27 bits per heavy atom. The molecule has 0 bridgehead atoms. The van der Waals surface area contributed by atoms with E-state index in [1.165, 1.54) is 27.5 Å². The minimum Gasteiger partial charge on any atom is -0.463 e. The average Bonchev–Trinajstić information content (AvgIpc) is 3.31. The summed E-state index contributed by atoms with van der Waals surface area (Å²) in [5.74, 6) is 0.724.